The van der Waals surface area contributed by atoms with Crippen LogP contribution in [0, 0.1) is 13.8 Å². The predicted octanol–water partition coefficient (Wildman–Crippen LogP) is 3.18. The lowest BCUT2D eigenvalue weighted by molar-refractivity contribution is 0.0525. The number of aromatic nitrogens is 1. The lowest BCUT2D eigenvalue weighted by atomic mass is 10.0. The van der Waals surface area contributed by atoms with E-state index in [0.717, 1.165) is 11.3 Å². The number of benzene rings is 1. The van der Waals surface area contributed by atoms with Crippen LogP contribution in [0.15, 0.2) is 24.3 Å². The largest absolute Gasteiger partial charge is 0.497 e. The lowest BCUT2D eigenvalue weighted by Crippen LogP contribution is -2.34. The SMILES string of the molecule is CCOC(=O)c1c(C)[nH]c(C(=O)[C@@H](C)NCc2ccc(OC)cc2)c1C. The monoisotopic (exact) mass is 358 g/mol. The Hall–Kier alpha value is -2.60. The number of hydrogen-bond donors (Lipinski definition) is 2. The van der Waals surface area contributed by atoms with Crippen molar-refractivity contribution in [3.8, 4) is 5.75 Å². The quantitative estimate of drug-likeness (QED) is 0.560. The molecule has 2 aromatic rings. The van der Waals surface area contributed by atoms with Crippen LogP contribution in [0.1, 0.15) is 51.5 Å². The Kier molecular flexibility index (Phi) is 6.58. The maximum absolute atomic E-state index is 12.8. The van der Waals surface area contributed by atoms with Crippen molar-refractivity contribution in [1.82, 2.24) is 10.3 Å². The van der Waals surface area contributed by atoms with Gasteiger partial charge in [-0.05, 0) is 51.0 Å². The molecular formula is C20H26N2O4. The minimum atomic E-state index is -0.406. The van der Waals surface area contributed by atoms with Crippen LogP contribution < -0.4 is 10.1 Å². The van der Waals surface area contributed by atoms with Gasteiger partial charge in [0.25, 0.3) is 0 Å². The standard InChI is InChI=1S/C20H26N2O4/c1-6-26-20(24)17-12(2)18(22-13(17)3)19(23)14(4)21-11-15-7-9-16(25-5)10-8-15/h7-10,14,21-22H,6,11H2,1-5H3/t14-/m1/s1. The average Bonchev–Trinajstić information content (AvgIpc) is 2.94. The van der Waals surface area contributed by atoms with E-state index in [1.54, 1.807) is 27.9 Å². The van der Waals surface area contributed by atoms with Crippen LogP contribution in [0.2, 0.25) is 0 Å². The second kappa shape index (κ2) is 8.67. The van der Waals surface area contributed by atoms with E-state index in [2.05, 4.69) is 10.3 Å². The van der Waals surface area contributed by atoms with E-state index in [0.29, 0.717) is 35.7 Å². The number of Topliss-reactive ketones (excluding diaryl/α,β-unsaturated/α-hetero) is 1. The summed E-state index contributed by atoms with van der Waals surface area (Å²) in [5.41, 5.74) is 3.21. The van der Waals surface area contributed by atoms with E-state index in [1.807, 2.05) is 31.2 Å². The number of ketones is 1. The summed E-state index contributed by atoms with van der Waals surface area (Å²) in [6, 6.07) is 7.27. The van der Waals surface area contributed by atoms with E-state index in [9.17, 15) is 9.59 Å². The van der Waals surface area contributed by atoms with E-state index < -0.39 is 12.0 Å². The first kappa shape index (κ1) is 19.7. The zero-order valence-corrected chi connectivity index (χ0v) is 15.9. The van der Waals surface area contributed by atoms with Gasteiger partial charge in [0, 0.05) is 12.2 Å². The van der Waals surface area contributed by atoms with Crippen molar-refractivity contribution >= 4 is 11.8 Å². The normalized spacial score (nSPS) is 11.9. The highest BCUT2D eigenvalue weighted by molar-refractivity contribution is 6.03. The molecule has 0 saturated heterocycles. The van der Waals surface area contributed by atoms with Crippen LogP contribution in [0.5, 0.6) is 5.75 Å². The molecule has 140 valence electrons. The van der Waals surface area contributed by atoms with Gasteiger partial charge in [-0.3, -0.25) is 4.79 Å². The van der Waals surface area contributed by atoms with Gasteiger partial charge >= 0.3 is 5.97 Å². The fourth-order valence-electron chi connectivity index (χ4n) is 2.83. The van der Waals surface area contributed by atoms with Crippen LogP contribution in [-0.2, 0) is 11.3 Å². The molecule has 0 aliphatic rings. The van der Waals surface area contributed by atoms with Crippen LogP contribution in [0.25, 0.3) is 0 Å². The van der Waals surface area contributed by atoms with Gasteiger partial charge in [0.1, 0.15) is 5.75 Å². The predicted molar refractivity (Wildman–Crippen MR) is 99.8 cm³/mol. The zero-order valence-electron chi connectivity index (χ0n) is 15.9. The molecule has 0 unspecified atom stereocenters. The molecule has 0 aliphatic carbocycles. The molecule has 1 aromatic carbocycles. The van der Waals surface area contributed by atoms with Gasteiger partial charge in [0.15, 0.2) is 5.78 Å². The first-order valence-electron chi connectivity index (χ1n) is 8.65. The van der Waals surface area contributed by atoms with Gasteiger partial charge in [-0.2, -0.15) is 0 Å². The summed E-state index contributed by atoms with van der Waals surface area (Å²) in [6.07, 6.45) is 0. The van der Waals surface area contributed by atoms with E-state index in [1.165, 1.54) is 0 Å². The third-order valence-corrected chi connectivity index (χ3v) is 4.33. The van der Waals surface area contributed by atoms with Gasteiger partial charge in [-0.1, -0.05) is 12.1 Å². The molecule has 1 atom stereocenters. The summed E-state index contributed by atoms with van der Waals surface area (Å²) < 4.78 is 10.2. The second-order valence-electron chi connectivity index (χ2n) is 6.16. The number of rotatable bonds is 8. The molecule has 6 nitrogen and oxygen atoms in total. The summed E-state index contributed by atoms with van der Waals surface area (Å²) >= 11 is 0. The van der Waals surface area contributed by atoms with E-state index in [4.69, 9.17) is 9.47 Å². The minimum Gasteiger partial charge on any atom is -0.497 e. The van der Waals surface area contributed by atoms with Crippen molar-refractivity contribution < 1.29 is 19.1 Å². The minimum absolute atomic E-state index is 0.0883. The summed E-state index contributed by atoms with van der Waals surface area (Å²) in [7, 11) is 1.62. The Morgan fingerprint density at radius 2 is 1.85 bits per heavy atom. The lowest BCUT2D eigenvalue weighted by Gasteiger charge is -2.13. The van der Waals surface area contributed by atoms with E-state index in [-0.39, 0.29) is 5.78 Å². The number of hydrogen-bond acceptors (Lipinski definition) is 5. The molecule has 0 saturated carbocycles. The number of ether oxygens (including phenoxy) is 2. The Morgan fingerprint density at radius 3 is 2.42 bits per heavy atom. The Labute approximate surface area is 153 Å². The van der Waals surface area contributed by atoms with Gasteiger partial charge in [-0.25, -0.2) is 4.79 Å². The zero-order chi connectivity index (χ0) is 19.3. The fraction of sp³-hybridized carbons (Fsp3) is 0.400. The van der Waals surface area contributed by atoms with Crippen LogP contribution in [-0.4, -0.2) is 36.5 Å². The average molecular weight is 358 g/mol. The summed E-state index contributed by atoms with van der Waals surface area (Å²) in [5, 5.41) is 3.22. The molecule has 0 fully saturated rings. The Balaban J connectivity index is 2.07. The number of H-pyrrole nitrogens is 1. The fourth-order valence-corrected chi connectivity index (χ4v) is 2.83. The van der Waals surface area contributed by atoms with Crippen LogP contribution in [0.3, 0.4) is 0 Å². The van der Waals surface area contributed by atoms with Crippen molar-refractivity contribution in [3.63, 3.8) is 0 Å². The van der Waals surface area contributed by atoms with Crippen molar-refractivity contribution in [3.05, 3.63) is 52.3 Å². The molecule has 0 spiro atoms. The molecule has 0 radical (unpaired) electrons. The molecule has 0 aliphatic heterocycles. The third-order valence-electron chi connectivity index (χ3n) is 4.33. The topological polar surface area (TPSA) is 80.4 Å². The molecule has 0 amide bonds. The molecular weight excluding hydrogens is 332 g/mol. The molecule has 2 N–H and O–H groups in total. The van der Waals surface area contributed by atoms with Gasteiger partial charge in [0.2, 0.25) is 0 Å². The molecule has 26 heavy (non-hydrogen) atoms. The Morgan fingerprint density at radius 1 is 1.19 bits per heavy atom. The number of esters is 1. The number of aromatic amines is 1. The summed E-state index contributed by atoms with van der Waals surface area (Å²) in [6.45, 7) is 7.95. The van der Waals surface area contributed by atoms with Gasteiger partial charge in [0.05, 0.1) is 31.0 Å². The van der Waals surface area contributed by atoms with Gasteiger partial charge < -0.3 is 19.8 Å². The first-order valence-corrected chi connectivity index (χ1v) is 8.65. The number of methoxy groups -OCH3 is 1. The van der Waals surface area contributed by atoms with Crippen molar-refractivity contribution in [2.24, 2.45) is 0 Å². The molecule has 6 heteroatoms. The molecule has 0 bridgehead atoms. The maximum atomic E-state index is 12.8. The highest BCUT2D eigenvalue weighted by atomic mass is 16.5. The highest BCUT2D eigenvalue weighted by Gasteiger charge is 2.25. The first-order chi connectivity index (χ1) is 12.4. The maximum Gasteiger partial charge on any atom is 0.340 e. The second-order valence-corrected chi connectivity index (χ2v) is 6.16. The molecule has 1 heterocycles. The smallest absolute Gasteiger partial charge is 0.340 e. The van der Waals surface area contributed by atoms with Crippen LogP contribution >= 0.6 is 0 Å². The van der Waals surface area contributed by atoms with Gasteiger partial charge in [-0.15, -0.1) is 0 Å². The number of carbonyl (C=O) groups excluding carboxylic acids is 2. The number of carbonyl (C=O) groups is 2. The van der Waals surface area contributed by atoms with Crippen LogP contribution in [0.4, 0.5) is 0 Å². The third kappa shape index (κ3) is 4.32. The Bertz CT molecular complexity index is 778. The summed E-state index contributed by atoms with van der Waals surface area (Å²) in [5.74, 6) is 0.299. The molecule has 1 aromatic heterocycles. The summed E-state index contributed by atoms with van der Waals surface area (Å²) in [4.78, 5) is 27.9. The van der Waals surface area contributed by atoms with Crippen molar-refractivity contribution in [1.29, 1.82) is 0 Å². The van der Waals surface area contributed by atoms with E-state index >= 15 is 0 Å². The highest BCUT2D eigenvalue weighted by Crippen LogP contribution is 2.20. The molecule has 2 rings (SSSR count). The van der Waals surface area contributed by atoms with Crippen molar-refractivity contribution in [2.45, 2.75) is 40.3 Å². The van der Waals surface area contributed by atoms with Crippen molar-refractivity contribution in [2.75, 3.05) is 13.7 Å². The number of nitrogens with one attached hydrogen (secondary N) is 2. The number of aryl methyl sites for hydroxylation is 1.